The van der Waals surface area contributed by atoms with E-state index in [2.05, 4.69) is 36.6 Å². The molecule has 2 amide bonds. The first-order chi connectivity index (χ1) is 15.9. The summed E-state index contributed by atoms with van der Waals surface area (Å²) in [7, 11) is 1.29. The molecule has 0 fully saturated rings. The smallest absolute Gasteiger partial charge is 0.341 e. The van der Waals surface area contributed by atoms with E-state index < -0.39 is 12.0 Å². The van der Waals surface area contributed by atoms with Crippen LogP contribution in [0.25, 0.3) is 0 Å². The molecule has 33 heavy (non-hydrogen) atoms. The number of esters is 1. The van der Waals surface area contributed by atoms with Gasteiger partial charge in [-0.1, -0.05) is 50.2 Å². The number of aliphatic hydroxyl groups is 1. The fourth-order valence-corrected chi connectivity index (χ4v) is 3.20. The molecule has 0 aromatic heterocycles. The minimum Gasteiger partial charge on any atom is -0.488 e. The van der Waals surface area contributed by atoms with Crippen molar-refractivity contribution in [3.63, 3.8) is 0 Å². The zero-order valence-corrected chi connectivity index (χ0v) is 18.9. The zero-order valence-electron chi connectivity index (χ0n) is 18.9. The maximum Gasteiger partial charge on any atom is 0.341 e. The average molecular weight is 449 g/mol. The Morgan fingerprint density at radius 1 is 0.909 bits per heavy atom. The fraction of sp³-hybridized carbons (Fsp3) is 0.231. The number of rotatable bonds is 8. The van der Waals surface area contributed by atoms with Crippen molar-refractivity contribution in [3.8, 4) is 5.75 Å². The molecule has 0 unspecified atom stereocenters. The van der Waals surface area contributed by atoms with E-state index in [4.69, 9.17) is 9.47 Å². The summed E-state index contributed by atoms with van der Waals surface area (Å²) in [6.45, 7) is 4.44. The van der Waals surface area contributed by atoms with Crippen molar-refractivity contribution in [2.45, 2.75) is 33.0 Å². The molecule has 3 aromatic carbocycles. The van der Waals surface area contributed by atoms with Crippen LogP contribution in [0.1, 0.15) is 46.8 Å². The SMILES string of the molecule is COC(=O)c1cc(NC(=O)Nc2cccc(CO)c2)ccc1OCc1ccc(C(C)C)cc1. The maximum absolute atomic E-state index is 12.4. The van der Waals surface area contributed by atoms with Gasteiger partial charge in [-0.2, -0.15) is 0 Å². The van der Waals surface area contributed by atoms with Crippen LogP contribution in [0.5, 0.6) is 5.75 Å². The summed E-state index contributed by atoms with van der Waals surface area (Å²) < 4.78 is 10.8. The molecule has 0 heterocycles. The minimum atomic E-state index is -0.570. The van der Waals surface area contributed by atoms with Gasteiger partial charge >= 0.3 is 12.0 Å². The van der Waals surface area contributed by atoms with E-state index >= 15 is 0 Å². The summed E-state index contributed by atoms with van der Waals surface area (Å²) >= 11 is 0. The highest BCUT2D eigenvalue weighted by molar-refractivity contribution is 6.01. The van der Waals surface area contributed by atoms with Gasteiger partial charge in [-0.15, -0.1) is 0 Å². The number of hydrogen-bond acceptors (Lipinski definition) is 5. The lowest BCUT2D eigenvalue weighted by molar-refractivity contribution is 0.0595. The van der Waals surface area contributed by atoms with Crippen LogP contribution < -0.4 is 15.4 Å². The molecule has 0 bridgehead atoms. The summed E-state index contributed by atoms with van der Waals surface area (Å²) in [5, 5.41) is 14.6. The second kappa shape index (κ2) is 11.2. The minimum absolute atomic E-state index is 0.122. The number of anilines is 2. The molecule has 172 valence electrons. The number of nitrogens with one attached hydrogen (secondary N) is 2. The Hall–Kier alpha value is -3.84. The van der Waals surface area contributed by atoms with E-state index in [1.807, 2.05) is 12.1 Å². The normalized spacial score (nSPS) is 10.6. The zero-order chi connectivity index (χ0) is 23.8. The van der Waals surface area contributed by atoms with Gasteiger partial charge in [-0.25, -0.2) is 9.59 Å². The summed E-state index contributed by atoms with van der Waals surface area (Å²) in [4.78, 5) is 24.7. The second-order valence-corrected chi connectivity index (χ2v) is 7.83. The molecule has 3 rings (SSSR count). The summed E-state index contributed by atoms with van der Waals surface area (Å²) in [6, 6.07) is 19.3. The van der Waals surface area contributed by atoms with Gasteiger partial charge in [0.25, 0.3) is 0 Å². The fourth-order valence-electron chi connectivity index (χ4n) is 3.20. The highest BCUT2D eigenvalue weighted by Gasteiger charge is 2.16. The van der Waals surface area contributed by atoms with Crippen molar-refractivity contribution in [1.29, 1.82) is 0 Å². The molecule has 0 saturated heterocycles. The van der Waals surface area contributed by atoms with Gasteiger partial charge < -0.3 is 25.2 Å². The number of methoxy groups -OCH3 is 1. The van der Waals surface area contributed by atoms with Crippen LogP contribution in [0.4, 0.5) is 16.2 Å². The number of hydrogen-bond donors (Lipinski definition) is 3. The Morgan fingerprint density at radius 2 is 1.61 bits per heavy atom. The summed E-state index contributed by atoms with van der Waals surface area (Å²) in [6.07, 6.45) is 0. The molecular formula is C26H28N2O5. The van der Waals surface area contributed by atoms with E-state index in [1.54, 1.807) is 36.4 Å². The number of carbonyl (C=O) groups is 2. The molecule has 0 aliphatic carbocycles. The van der Waals surface area contributed by atoms with E-state index in [9.17, 15) is 14.7 Å². The van der Waals surface area contributed by atoms with E-state index in [0.29, 0.717) is 28.6 Å². The van der Waals surface area contributed by atoms with Crippen molar-refractivity contribution in [3.05, 3.63) is 89.0 Å². The van der Waals surface area contributed by atoms with Crippen molar-refractivity contribution in [2.75, 3.05) is 17.7 Å². The first kappa shape index (κ1) is 23.8. The molecule has 3 aromatic rings. The Balaban J connectivity index is 1.70. The first-order valence-electron chi connectivity index (χ1n) is 10.6. The number of carbonyl (C=O) groups excluding carboxylic acids is 2. The molecule has 0 saturated carbocycles. The number of ether oxygens (including phenoxy) is 2. The van der Waals surface area contributed by atoms with Crippen LogP contribution in [-0.4, -0.2) is 24.2 Å². The molecule has 7 heteroatoms. The monoisotopic (exact) mass is 448 g/mol. The van der Waals surface area contributed by atoms with Crippen LogP contribution in [0.15, 0.2) is 66.7 Å². The molecular weight excluding hydrogens is 420 g/mol. The predicted octanol–water partition coefficient (Wildman–Crippen LogP) is 5.31. The van der Waals surface area contributed by atoms with Crippen molar-refractivity contribution < 1.29 is 24.2 Å². The van der Waals surface area contributed by atoms with E-state index in [0.717, 1.165) is 5.56 Å². The van der Waals surface area contributed by atoms with Crippen LogP contribution in [0.2, 0.25) is 0 Å². The predicted molar refractivity (Wildman–Crippen MR) is 128 cm³/mol. The molecule has 7 nitrogen and oxygen atoms in total. The summed E-state index contributed by atoms with van der Waals surface area (Å²) in [5.41, 5.74) is 4.04. The molecule has 0 aliphatic heterocycles. The second-order valence-electron chi connectivity index (χ2n) is 7.83. The third kappa shape index (κ3) is 6.57. The van der Waals surface area contributed by atoms with Crippen LogP contribution >= 0.6 is 0 Å². The number of urea groups is 1. The third-order valence-corrected chi connectivity index (χ3v) is 5.05. The van der Waals surface area contributed by atoms with Gasteiger partial charge in [0, 0.05) is 11.4 Å². The largest absolute Gasteiger partial charge is 0.488 e. The molecule has 3 N–H and O–H groups in total. The molecule has 0 atom stereocenters. The molecule has 0 spiro atoms. The van der Waals surface area contributed by atoms with Gasteiger partial charge in [0.05, 0.1) is 13.7 Å². The van der Waals surface area contributed by atoms with Crippen molar-refractivity contribution in [1.82, 2.24) is 0 Å². The maximum atomic E-state index is 12.4. The number of aliphatic hydroxyl groups excluding tert-OH is 1. The van der Waals surface area contributed by atoms with Crippen LogP contribution in [0.3, 0.4) is 0 Å². The lowest BCUT2D eigenvalue weighted by Gasteiger charge is -2.14. The Labute approximate surface area is 193 Å². The highest BCUT2D eigenvalue weighted by atomic mass is 16.5. The van der Waals surface area contributed by atoms with Gasteiger partial charge in [0.2, 0.25) is 0 Å². The van der Waals surface area contributed by atoms with Crippen molar-refractivity contribution in [2.24, 2.45) is 0 Å². The third-order valence-electron chi connectivity index (χ3n) is 5.05. The topological polar surface area (TPSA) is 96.9 Å². The van der Waals surface area contributed by atoms with Gasteiger partial charge in [-0.05, 0) is 52.9 Å². The van der Waals surface area contributed by atoms with Gasteiger partial charge in [-0.3, -0.25) is 0 Å². The Morgan fingerprint density at radius 3 is 2.24 bits per heavy atom. The molecule has 0 radical (unpaired) electrons. The average Bonchev–Trinajstić information content (AvgIpc) is 2.82. The Kier molecular flexibility index (Phi) is 8.05. The van der Waals surface area contributed by atoms with Crippen LogP contribution in [-0.2, 0) is 18.0 Å². The standard InChI is InChI=1S/C26H28N2O5/c1-17(2)20-9-7-18(8-10-20)16-33-24-12-11-22(14-23(24)25(30)32-3)28-26(31)27-21-6-4-5-19(13-21)15-29/h4-14,17,29H,15-16H2,1-3H3,(H2,27,28,31). The summed E-state index contributed by atoms with van der Waals surface area (Å²) in [5.74, 6) is 0.234. The Bertz CT molecular complexity index is 1110. The highest BCUT2D eigenvalue weighted by Crippen LogP contribution is 2.25. The van der Waals surface area contributed by atoms with E-state index in [1.165, 1.54) is 18.7 Å². The lowest BCUT2D eigenvalue weighted by Crippen LogP contribution is -2.20. The lowest BCUT2D eigenvalue weighted by atomic mass is 10.0. The van der Waals surface area contributed by atoms with Crippen molar-refractivity contribution >= 4 is 23.4 Å². The van der Waals surface area contributed by atoms with Crippen LogP contribution in [0, 0.1) is 0 Å². The molecule has 0 aliphatic rings. The quantitative estimate of drug-likeness (QED) is 0.406. The number of benzene rings is 3. The van der Waals surface area contributed by atoms with E-state index in [-0.39, 0.29) is 18.8 Å². The number of amides is 2. The first-order valence-corrected chi connectivity index (χ1v) is 10.6. The van der Waals surface area contributed by atoms with Gasteiger partial charge in [0.1, 0.15) is 17.9 Å². The van der Waals surface area contributed by atoms with Gasteiger partial charge in [0.15, 0.2) is 0 Å².